The number of carbonyl (C=O) groups is 1. The van der Waals surface area contributed by atoms with Gasteiger partial charge in [-0.25, -0.2) is 4.79 Å². The SMILES string of the molecule is C[C@@H]1CC(N)CCN1C(=O)O. The molecule has 1 aliphatic heterocycles. The molecular weight excluding hydrogens is 144 g/mol. The summed E-state index contributed by atoms with van der Waals surface area (Å²) in [6, 6.07) is 0.261. The molecule has 4 heteroatoms. The summed E-state index contributed by atoms with van der Waals surface area (Å²) in [6.45, 7) is 2.48. The maximum Gasteiger partial charge on any atom is 0.407 e. The number of nitrogens with zero attached hydrogens (tertiary/aromatic N) is 1. The Labute approximate surface area is 66.0 Å². The summed E-state index contributed by atoms with van der Waals surface area (Å²) in [6.07, 6.45) is 0.743. The van der Waals surface area contributed by atoms with Crippen LogP contribution in [-0.4, -0.2) is 34.7 Å². The molecule has 0 spiro atoms. The summed E-state index contributed by atoms with van der Waals surface area (Å²) in [4.78, 5) is 12.0. The lowest BCUT2D eigenvalue weighted by Crippen LogP contribution is -2.47. The number of hydrogen-bond donors (Lipinski definition) is 2. The number of carboxylic acid groups (broad SMARTS) is 1. The quantitative estimate of drug-likeness (QED) is 0.538. The molecule has 1 heterocycles. The molecule has 2 atom stereocenters. The standard InChI is InChI=1S/C7H14N2O2/c1-5-4-6(8)2-3-9(5)7(10)11/h5-6H,2-4,8H2,1H3,(H,10,11)/t5-,6?/m1/s1. The fourth-order valence-corrected chi connectivity index (χ4v) is 1.49. The zero-order valence-corrected chi connectivity index (χ0v) is 6.66. The van der Waals surface area contributed by atoms with Crippen LogP contribution in [0.3, 0.4) is 0 Å². The first-order chi connectivity index (χ1) is 5.11. The van der Waals surface area contributed by atoms with Crippen LogP contribution in [0.2, 0.25) is 0 Å². The Hall–Kier alpha value is -0.770. The first kappa shape index (κ1) is 8.33. The van der Waals surface area contributed by atoms with Crippen LogP contribution in [0.5, 0.6) is 0 Å². The smallest absolute Gasteiger partial charge is 0.407 e. The van der Waals surface area contributed by atoms with Crippen molar-refractivity contribution < 1.29 is 9.90 Å². The molecule has 1 aliphatic rings. The van der Waals surface area contributed by atoms with E-state index in [1.807, 2.05) is 6.92 Å². The van der Waals surface area contributed by atoms with Crippen LogP contribution in [0.4, 0.5) is 4.79 Å². The molecule has 11 heavy (non-hydrogen) atoms. The van der Waals surface area contributed by atoms with Crippen LogP contribution < -0.4 is 5.73 Å². The molecule has 0 bridgehead atoms. The molecule has 1 rings (SSSR count). The molecule has 0 saturated carbocycles. The van der Waals surface area contributed by atoms with Gasteiger partial charge in [-0.2, -0.15) is 0 Å². The van der Waals surface area contributed by atoms with Crippen LogP contribution in [0, 0.1) is 0 Å². The monoisotopic (exact) mass is 158 g/mol. The normalized spacial score (nSPS) is 32.0. The molecule has 0 aliphatic carbocycles. The van der Waals surface area contributed by atoms with E-state index >= 15 is 0 Å². The molecule has 0 aromatic carbocycles. The fraction of sp³-hybridized carbons (Fsp3) is 0.857. The van der Waals surface area contributed by atoms with E-state index in [9.17, 15) is 4.79 Å². The molecule has 1 amide bonds. The molecule has 0 aromatic rings. The molecule has 3 N–H and O–H groups in total. The van der Waals surface area contributed by atoms with E-state index in [1.165, 1.54) is 4.90 Å². The second-order valence-electron chi connectivity index (χ2n) is 3.11. The van der Waals surface area contributed by atoms with Crippen molar-refractivity contribution in [2.75, 3.05) is 6.54 Å². The predicted octanol–water partition coefficient (Wildman–Crippen LogP) is 0.476. The average Bonchev–Trinajstić information content (AvgIpc) is 1.85. The predicted molar refractivity (Wildman–Crippen MR) is 41.4 cm³/mol. The highest BCUT2D eigenvalue weighted by Crippen LogP contribution is 2.15. The van der Waals surface area contributed by atoms with Crippen molar-refractivity contribution in [1.82, 2.24) is 4.90 Å². The van der Waals surface area contributed by atoms with Gasteiger partial charge in [0.25, 0.3) is 0 Å². The summed E-state index contributed by atoms with van der Waals surface area (Å²) in [5.74, 6) is 0. The Balaban J connectivity index is 2.50. The molecule has 1 saturated heterocycles. The summed E-state index contributed by atoms with van der Waals surface area (Å²) in [7, 11) is 0. The van der Waals surface area contributed by atoms with Crippen molar-refractivity contribution in [3.8, 4) is 0 Å². The molecule has 0 aromatic heterocycles. The minimum Gasteiger partial charge on any atom is -0.465 e. The van der Waals surface area contributed by atoms with Gasteiger partial charge in [0.2, 0.25) is 0 Å². The van der Waals surface area contributed by atoms with Crippen molar-refractivity contribution in [2.24, 2.45) is 5.73 Å². The summed E-state index contributed by atoms with van der Waals surface area (Å²) < 4.78 is 0. The van der Waals surface area contributed by atoms with E-state index in [0.717, 1.165) is 12.8 Å². The first-order valence-corrected chi connectivity index (χ1v) is 3.86. The second-order valence-corrected chi connectivity index (χ2v) is 3.11. The van der Waals surface area contributed by atoms with Crippen LogP contribution in [0.25, 0.3) is 0 Å². The topological polar surface area (TPSA) is 66.6 Å². The van der Waals surface area contributed by atoms with E-state index in [1.54, 1.807) is 0 Å². The van der Waals surface area contributed by atoms with Crippen molar-refractivity contribution in [3.63, 3.8) is 0 Å². The highest BCUT2D eigenvalue weighted by molar-refractivity contribution is 5.65. The maximum atomic E-state index is 10.6. The van der Waals surface area contributed by atoms with E-state index in [4.69, 9.17) is 10.8 Å². The second kappa shape index (κ2) is 3.09. The van der Waals surface area contributed by atoms with Gasteiger partial charge in [0.15, 0.2) is 0 Å². The molecule has 64 valence electrons. The number of amides is 1. The Morgan fingerprint density at radius 1 is 1.73 bits per heavy atom. The minimum absolute atomic E-state index is 0.0799. The van der Waals surface area contributed by atoms with E-state index in [-0.39, 0.29) is 12.1 Å². The zero-order chi connectivity index (χ0) is 8.43. The van der Waals surface area contributed by atoms with Gasteiger partial charge in [-0.3, -0.25) is 0 Å². The Morgan fingerprint density at radius 3 is 2.82 bits per heavy atom. The first-order valence-electron chi connectivity index (χ1n) is 3.86. The third-order valence-corrected chi connectivity index (χ3v) is 2.16. The van der Waals surface area contributed by atoms with E-state index < -0.39 is 6.09 Å². The van der Waals surface area contributed by atoms with Crippen molar-refractivity contribution in [1.29, 1.82) is 0 Å². The lowest BCUT2D eigenvalue weighted by atomic mass is 10.00. The fourth-order valence-electron chi connectivity index (χ4n) is 1.49. The number of rotatable bonds is 0. The van der Waals surface area contributed by atoms with Gasteiger partial charge < -0.3 is 15.7 Å². The van der Waals surface area contributed by atoms with Gasteiger partial charge in [0.05, 0.1) is 0 Å². The van der Waals surface area contributed by atoms with Gasteiger partial charge in [-0.1, -0.05) is 0 Å². The molecule has 1 unspecified atom stereocenters. The summed E-state index contributed by atoms with van der Waals surface area (Å²) in [5.41, 5.74) is 5.67. The average molecular weight is 158 g/mol. The van der Waals surface area contributed by atoms with Crippen LogP contribution in [0.15, 0.2) is 0 Å². The summed E-state index contributed by atoms with van der Waals surface area (Å²) in [5, 5.41) is 8.68. The van der Waals surface area contributed by atoms with Crippen molar-refractivity contribution in [3.05, 3.63) is 0 Å². The van der Waals surface area contributed by atoms with Crippen LogP contribution in [-0.2, 0) is 0 Å². The highest BCUT2D eigenvalue weighted by Gasteiger charge is 2.26. The van der Waals surface area contributed by atoms with Crippen LogP contribution >= 0.6 is 0 Å². The van der Waals surface area contributed by atoms with Crippen LogP contribution in [0.1, 0.15) is 19.8 Å². The number of nitrogens with two attached hydrogens (primary N) is 1. The Kier molecular flexibility index (Phi) is 2.34. The number of hydrogen-bond acceptors (Lipinski definition) is 2. The van der Waals surface area contributed by atoms with E-state index in [2.05, 4.69) is 0 Å². The maximum absolute atomic E-state index is 10.6. The lowest BCUT2D eigenvalue weighted by molar-refractivity contribution is 0.107. The lowest BCUT2D eigenvalue weighted by Gasteiger charge is -2.34. The summed E-state index contributed by atoms with van der Waals surface area (Å²) >= 11 is 0. The zero-order valence-electron chi connectivity index (χ0n) is 6.66. The molecular formula is C7H14N2O2. The van der Waals surface area contributed by atoms with Gasteiger partial charge in [0.1, 0.15) is 0 Å². The number of piperidine rings is 1. The third kappa shape index (κ3) is 1.83. The highest BCUT2D eigenvalue weighted by atomic mass is 16.4. The van der Waals surface area contributed by atoms with Crippen molar-refractivity contribution in [2.45, 2.75) is 31.8 Å². The minimum atomic E-state index is -0.829. The van der Waals surface area contributed by atoms with Gasteiger partial charge in [0, 0.05) is 18.6 Å². The molecule has 0 radical (unpaired) electrons. The molecule has 1 fully saturated rings. The van der Waals surface area contributed by atoms with Gasteiger partial charge in [-0.15, -0.1) is 0 Å². The van der Waals surface area contributed by atoms with Gasteiger partial charge in [-0.05, 0) is 19.8 Å². The Bertz CT molecular complexity index is 161. The van der Waals surface area contributed by atoms with Gasteiger partial charge >= 0.3 is 6.09 Å². The Morgan fingerprint density at radius 2 is 2.36 bits per heavy atom. The largest absolute Gasteiger partial charge is 0.465 e. The molecule has 4 nitrogen and oxygen atoms in total. The third-order valence-electron chi connectivity index (χ3n) is 2.16. The van der Waals surface area contributed by atoms with Crippen molar-refractivity contribution >= 4 is 6.09 Å². The number of likely N-dealkylation sites (tertiary alicyclic amines) is 1. The van der Waals surface area contributed by atoms with E-state index in [0.29, 0.717) is 6.54 Å².